The van der Waals surface area contributed by atoms with Crippen molar-refractivity contribution >= 4 is 29.3 Å². The molecule has 0 aliphatic rings. The summed E-state index contributed by atoms with van der Waals surface area (Å²) >= 11 is 1.29. The number of hydrogen-bond acceptors (Lipinski definition) is 4. The van der Waals surface area contributed by atoms with Gasteiger partial charge in [-0.2, -0.15) is 0 Å². The average Bonchev–Trinajstić information content (AvgIpc) is 2.90. The number of thiazole rings is 1. The Hall–Kier alpha value is -2.92. The van der Waals surface area contributed by atoms with E-state index in [9.17, 15) is 9.59 Å². The maximum Gasteiger partial charge on any atom is 0.268 e. The summed E-state index contributed by atoms with van der Waals surface area (Å²) < 4.78 is 8.01. The van der Waals surface area contributed by atoms with Crippen LogP contribution in [0.25, 0.3) is 12.2 Å². The molecule has 5 heteroatoms. The van der Waals surface area contributed by atoms with Gasteiger partial charge < -0.3 is 9.30 Å². The topological polar surface area (TPSA) is 48.3 Å². The number of para-hydroxylation sites is 1. The molecule has 1 aromatic heterocycles. The first kappa shape index (κ1) is 17.9. The van der Waals surface area contributed by atoms with Crippen molar-refractivity contribution in [3.63, 3.8) is 0 Å². The summed E-state index contributed by atoms with van der Waals surface area (Å²) in [7, 11) is 3.27. The standard InChI is InChI=1S/C21H19NO3S/c1-14-8-4-6-10-16(14)17(23)13-20-22(2)21(24)19(26-20)12-15-9-5-7-11-18(15)25-3/h4-13H,1-3H3/b19-12-,20-13-. The highest BCUT2D eigenvalue weighted by atomic mass is 32.1. The van der Waals surface area contributed by atoms with Crippen LogP contribution in [0.1, 0.15) is 21.5 Å². The van der Waals surface area contributed by atoms with Crippen LogP contribution in [0.2, 0.25) is 0 Å². The number of benzene rings is 2. The molecule has 0 aliphatic carbocycles. The van der Waals surface area contributed by atoms with Gasteiger partial charge in [-0.1, -0.05) is 42.5 Å². The van der Waals surface area contributed by atoms with Crippen LogP contribution in [-0.4, -0.2) is 17.5 Å². The molecule has 3 rings (SSSR count). The van der Waals surface area contributed by atoms with Crippen molar-refractivity contribution in [2.24, 2.45) is 7.05 Å². The molecule has 0 radical (unpaired) electrons. The van der Waals surface area contributed by atoms with Gasteiger partial charge in [0.1, 0.15) is 10.4 Å². The van der Waals surface area contributed by atoms with Gasteiger partial charge >= 0.3 is 0 Å². The number of aryl methyl sites for hydroxylation is 1. The van der Waals surface area contributed by atoms with Gasteiger partial charge in [-0.15, -0.1) is 11.3 Å². The second kappa shape index (κ2) is 7.54. The minimum atomic E-state index is -0.135. The highest BCUT2D eigenvalue weighted by Gasteiger charge is 2.08. The molecule has 0 amide bonds. The van der Waals surface area contributed by atoms with Crippen molar-refractivity contribution < 1.29 is 9.53 Å². The number of rotatable bonds is 4. The molecule has 0 fully saturated rings. The van der Waals surface area contributed by atoms with E-state index in [1.54, 1.807) is 26.3 Å². The minimum absolute atomic E-state index is 0.108. The Kier molecular flexibility index (Phi) is 5.19. The fraction of sp³-hybridized carbons (Fsp3) is 0.143. The Morgan fingerprint density at radius 3 is 2.54 bits per heavy atom. The molecule has 1 heterocycles. The molecule has 2 aromatic carbocycles. The fourth-order valence-electron chi connectivity index (χ4n) is 2.67. The van der Waals surface area contributed by atoms with Gasteiger partial charge in [0.25, 0.3) is 5.56 Å². The Labute approximate surface area is 155 Å². The minimum Gasteiger partial charge on any atom is -0.496 e. The maximum atomic E-state index is 12.6. The molecule has 0 saturated carbocycles. The SMILES string of the molecule is COc1ccccc1/C=c1\s/c(=C\C(=O)c2ccccc2C)n(C)c1=O. The van der Waals surface area contributed by atoms with Crippen molar-refractivity contribution in [1.82, 2.24) is 4.57 Å². The molecule has 3 aromatic rings. The van der Waals surface area contributed by atoms with E-state index < -0.39 is 0 Å². The van der Waals surface area contributed by atoms with Crippen LogP contribution >= 0.6 is 11.3 Å². The molecule has 0 atom stereocenters. The number of methoxy groups -OCH3 is 1. The number of nitrogens with zero attached hydrogens (tertiary/aromatic N) is 1. The molecule has 0 aliphatic heterocycles. The molecule has 26 heavy (non-hydrogen) atoms. The molecule has 0 N–H and O–H groups in total. The van der Waals surface area contributed by atoms with Crippen LogP contribution in [0, 0.1) is 6.92 Å². The van der Waals surface area contributed by atoms with Crippen molar-refractivity contribution in [3.05, 3.63) is 84.8 Å². The zero-order chi connectivity index (χ0) is 18.7. The van der Waals surface area contributed by atoms with Crippen molar-refractivity contribution in [3.8, 4) is 5.75 Å². The smallest absolute Gasteiger partial charge is 0.268 e. The van der Waals surface area contributed by atoms with Gasteiger partial charge in [-0.05, 0) is 24.6 Å². The summed E-state index contributed by atoms with van der Waals surface area (Å²) in [4.78, 5) is 25.1. The monoisotopic (exact) mass is 365 g/mol. The number of hydrogen-bond donors (Lipinski definition) is 0. The summed E-state index contributed by atoms with van der Waals surface area (Å²) in [5.41, 5.74) is 2.25. The lowest BCUT2D eigenvalue weighted by atomic mass is 10.1. The van der Waals surface area contributed by atoms with Gasteiger partial charge in [-0.25, -0.2) is 0 Å². The number of carbonyl (C=O) groups is 1. The van der Waals surface area contributed by atoms with Gasteiger partial charge in [-0.3, -0.25) is 9.59 Å². The summed E-state index contributed by atoms with van der Waals surface area (Å²) in [5, 5.41) is 0. The summed E-state index contributed by atoms with van der Waals surface area (Å²) in [5.74, 6) is 0.591. The lowest BCUT2D eigenvalue weighted by Crippen LogP contribution is -2.29. The van der Waals surface area contributed by atoms with E-state index in [1.807, 2.05) is 49.4 Å². The van der Waals surface area contributed by atoms with E-state index in [4.69, 9.17) is 4.74 Å². The third-order valence-electron chi connectivity index (χ3n) is 4.15. The largest absolute Gasteiger partial charge is 0.496 e. The van der Waals surface area contributed by atoms with Crippen LogP contribution < -0.4 is 19.5 Å². The predicted molar refractivity (Wildman–Crippen MR) is 105 cm³/mol. The Balaban J connectivity index is 2.11. The quantitative estimate of drug-likeness (QED) is 0.667. The number of aromatic nitrogens is 1. The Morgan fingerprint density at radius 1 is 1.12 bits per heavy atom. The van der Waals surface area contributed by atoms with E-state index in [0.717, 1.165) is 11.1 Å². The molecular formula is C21H19NO3S. The molecule has 4 nitrogen and oxygen atoms in total. The highest BCUT2D eigenvalue weighted by Crippen LogP contribution is 2.17. The predicted octanol–water partition coefficient (Wildman–Crippen LogP) is 2.26. The molecule has 0 unspecified atom stereocenters. The zero-order valence-corrected chi connectivity index (χ0v) is 15.7. The second-order valence-corrected chi connectivity index (χ2v) is 6.94. The highest BCUT2D eigenvalue weighted by molar-refractivity contribution is 7.07. The molecular weight excluding hydrogens is 346 g/mol. The molecule has 132 valence electrons. The first-order chi connectivity index (χ1) is 12.5. The third kappa shape index (κ3) is 3.53. The second-order valence-electron chi connectivity index (χ2n) is 5.88. The van der Waals surface area contributed by atoms with Gasteiger partial charge in [0.15, 0.2) is 5.78 Å². The van der Waals surface area contributed by atoms with E-state index >= 15 is 0 Å². The normalized spacial score (nSPS) is 12.4. The first-order valence-electron chi connectivity index (χ1n) is 8.13. The third-order valence-corrected chi connectivity index (χ3v) is 5.26. The van der Waals surface area contributed by atoms with Gasteiger partial charge in [0.2, 0.25) is 0 Å². The molecule has 0 saturated heterocycles. The lowest BCUT2D eigenvalue weighted by molar-refractivity contribution is 0.106. The average molecular weight is 365 g/mol. The van der Waals surface area contributed by atoms with E-state index in [1.165, 1.54) is 22.0 Å². The van der Waals surface area contributed by atoms with E-state index in [2.05, 4.69) is 0 Å². The maximum absolute atomic E-state index is 12.6. The number of ketones is 1. The Morgan fingerprint density at radius 2 is 1.81 bits per heavy atom. The van der Waals surface area contributed by atoms with Crippen LogP contribution in [0.15, 0.2) is 53.3 Å². The van der Waals surface area contributed by atoms with Crippen molar-refractivity contribution in [2.75, 3.05) is 7.11 Å². The molecule has 0 spiro atoms. The fourth-order valence-corrected chi connectivity index (χ4v) is 3.70. The Bertz CT molecular complexity index is 1140. The van der Waals surface area contributed by atoms with Crippen LogP contribution in [0.4, 0.5) is 0 Å². The summed E-state index contributed by atoms with van der Waals surface area (Å²) in [6, 6.07) is 14.9. The molecule has 0 bridgehead atoms. The van der Waals surface area contributed by atoms with Gasteiger partial charge in [0, 0.05) is 24.3 Å². The summed E-state index contributed by atoms with van der Waals surface area (Å²) in [6.45, 7) is 1.90. The number of ether oxygens (including phenoxy) is 1. The number of carbonyl (C=O) groups excluding carboxylic acids is 1. The zero-order valence-electron chi connectivity index (χ0n) is 14.9. The van der Waals surface area contributed by atoms with E-state index in [-0.39, 0.29) is 11.3 Å². The number of Topliss-reactive ketones (excluding diaryl/α,β-unsaturated/α-hetero) is 1. The van der Waals surface area contributed by atoms with Crippen LogP contribution in [0.5, 0.6) is 5.75 Å². The first-order valence-corrected chi connectivity index (χ1v) is 8.95. The summed E-state index contributed by atoms with van der Waals surface area (Å²) in [6.07, 6.45) is 3.31. The van der Waals surface area contributed by atoms with Crippen molar-refractivity contribution in [2.45, 2.75) is 6.92 Å². The van der Waals surface area contributed by atoms with Crippen molar-refractivity contribution in [1.29, 1.82) is 0 Å². The van der Waals surface area contributed by atoms with Gasteiger partial charge in [0.05, 0.1) is 11.6 Å². The van der Waals surface area contributed by atoms with Crippen LogP contribution in [0.3, 0.4) is 0 Å². The van der Waals surface area contributed by atoms with E-state index in [0.29, 0.717) is 20.5 Å². The van der Waals surface area contributed by atoms with Crippen LogP contribution in [-0.2, 0) is 7.05 Å². The lowest BCUT2D eigenvalue weighted by Gasteiger charge is -2.02.